The highest BCUT2D eigenvalue weighted by atomic mass is 35.5. The number of hydrogen-bond donors (Lipinski definition) is 0. The molecule has 0 bridgehead atoms. The molecule has 104 valence electrons. The van der Waals surface area contributed by atoms with Crippen LogP contribution in [0.25, 0.3) is 0 Å². The van der Waals surface area contributed by atoms with Gasteiger partial charge in [-0.15, -0.1) is 0 Å². The Kier molecular flexibility index (Phi) is 4.57. The van der Waals surface area contributed by atoms with Crippen molar-refractivity contribution < 1.29 is 9.18 Å². The molecule has 0 fully saturated rings. The lowest BCUT2D eigenvalue weighted by molar-refractivity contribution is 0.0784. The number of amides is 1. The normalized spacial score (nSPS) is 10.4. The zero-order valence-electron chi connectivity index (χ0n) is 10.6. The van der Waals surface area contributed by atoms with Crippen LogP contribution in [0.1, 0.15) is 15.9 Å². The van der Waals surface area contributed by atoms with E-state index in [4.69, 9.17) is 23.2 Å². The van der Waals surface area contributed by atoms with Crippen molar-refractivity contribution in [2.45, 2.75) is 6.54 Å². The van der Waals surface area contributed by atoms with E-state index in [1.807, 2.05) is 0 Å². The predicted molar refractivity (Wildman–Crippen MR) is 76.5 cm³/mol. The number of nitrogens with zero attached hydrogens (tertiary/aromatic N) is 2. The van der Waals surface area contributed by atoms with Crippen molar-refractivity contribution in [3.63, 3.8) is 0 Å². The predicted octanol–water partition coefficient (Wildman–Crippen LogP) is 3.80. The van der Waals surface area contributed by atoms with Crippen LogP contribution in [0, 0.1) is 5.95 Å². The first-order valence-corrected chi connectivity index (χ1v) is 6.54. The smallest absolute Gasteiger partial charge is 0.254 e. The molecule has 0 aliphatic heterocycles. The maximum Gasteiger partial charge on any atom is 0.254 e. The van der Waals surface area contributed by atoms with Crippen LogP contribution in [0.15, 0.2) is 36.5 Å². The molecule has 2 rings (SSSR count). The molecule has 20 heavy (non-hydrogen) atoms. The van der Waals surface area contributed by atoms with E-state index in [9.17, 15) is 9.18 Å². The minimum atomic E-state index is -0.682. The van der Waals surface area contributed by atoms with Gasteiger partial charge in [0.1, 0.15) is 0 Å². The molecule has 1 amide bonds. The van der Waals surface area contributed by atoms with Crippen molar-refractivity contribution in [2.24, 2.45) is 0 Å². The van der Waals surface area contributed by atoms with Crippen LogP contribution in [-0.2, 0) is 6.54 Å². The number of rotatable bonds is 3. The average Bonchev–Trinajstić information content (AvgIpc) is 2.42. The third-order valence-corrected chi connectivity index (χ3v) is 3.46. The lowest BCUT2D eigenvalue weighted by atomic mass is 10.2. The van der Waals surface area contributed by atoms with Crippen molar-refractivity contribution in [1.29, 1.82) is 0 Å². The van der Waals surface area contributed by atoms with E-state index in [1.165, 1.54) is 17.2 Å². The van der Waals surface area contributed by atoms with Gasteiger partial charge in [-0.1, -0.05) is 29.3 Å². The molecular weight excluding hydrogens is 302 g/mol. The first kappa shape index (κ1) is 14.8. The first-order valence-electron chi connectivity index (χ1n) is 5.78. The van der Waals surface area contributed by atoms with E-state index in [2.05, 4.69) is 4.98 Å². The van der Waals surface area contributed by atoms with E-state index >= 15 is 0 Å². The Bertz CT molecular complexity index is 649. The van der Waals surface area contributed by atoms with Gasteiger partial charge in [0.05, 0.1) is 10.0 Å². The molecule has 0 saturated heterocycles. The SMILES string of the molecule is CN(Cc1ccc(Cl)c(Cl)c1)C(=O)c1ccnc(F)c1. The van der Waals surface area contributed by atoms with Crippen LogP contribution in [-0.4, -0.2) is 22.8 Å². The fourth-order valence-electron chi connectivity index (χ4n) is 1.74. The van der Waals surface area contributed by atoms with Crippen LogP contribution in [0.4, 0.5) is 4.39 Å². The summed E-state index contributed by atoms with van der Waals surface area (Å²) in [6, 6.07) is 7.72. The van der Waals surface area contributed by atoms with Gasteiger partial charge in [0.25, 0.3) is 5.91 Å². The van der Waals surface area contributed by atoms with Gasteiger partial charge in [-0.2, -0.15) is 4.39 Å². The maximum absolute atomic E-state index is 13.0. The summed E-state index contributed by atoms with van der Waals surface area (Å²) in [5, 5.41) is 0.889. The summed E-state index contributed by atoms with van der Waals surface area (Å²) in [4.78, 5) is 17.0. The third kappa shape index (κ3) is 3.46. The number of carbonyl (C=O) groups excluding carboxylic acids is 1. The zero-order chi connectivity index (χ0) is 14.7. The summed E-state index contributed by atoms with van der Waals surface area (Å²) in [5.74, 6) is -0.976. The highest BCUT2D eigenvalue weighted by molar-refractivity contribution is 6.42. The van der Waals surface area contributed by atoms with Crippen LogP contribution in [0.2, 0.25) is 10.0 Å². The Hall–Kier alpha value is -1.65. The van der Waals surface area contributed by atoms with Crippen LogP contribution >= 0.6 is 23.2 Å². The molecule has 1 aromatic heterocycles. The van der Waals surface area contributed by atoms with Gasteiger partial charge < -0.3 is 4.90 Å². The first-order chi connectivity index (χ1) is 9.47. The number of hydrogen-bond acceptors (Lipinski definition) is 2. The van der Waals surface area contributed by atoms with Gasteiger partial charge in [0, 0.05) is 31.4 Å². The van der Waals surface area contributed by atoms with Crippen LogP contribution < -0.4 is 0 Å². The van der Waals surface area contributed by atoms with Gasteiger partial charge in [0.15, 0.2) is 0 Å². The molecule has 0 saturated carbocycles. The molecule has 1 aromatic carbocycles. The Balaban J connectivity index is 2.13. The summed E-state index contributed by atoms with van der Waals surface area (Å²) in [6.45, 7) is 0.347. The molecule has 3 nitrogen and oxygen atoms in total. The number of pyridine rings is 1. The van der Waals surface area contributed by atoms with E-state index < -0.39 is 5.95 Å². The minimum absolute atomic E-state index is 0.250. The van der Waals surface area contributed by atoms with E-state index in [0.29, 0.717) is 16.6 Å². The second-order valence-electron chi connectivity index (χ2n) is 4.28. The molecular formula is C14H11Cl2FN2O. The van der Waals surface area contributed by atoms with Gasteiger partial charge in [0.2, 0.25) is 5.95 Å². The molecule has 0 atom stereocenters. The highest BCUT2D eigenvalue weighted by Gasteiger charge is 2.13. The minimum Gasteiger partial charge on any atom is -0.337 e. The number of benzene rings is 1. The Morgan fingerprint density at radius 2 is 2.00 bits per heavy atom. The zero-order valence-corrected chi connectivity index (χ0v) is 12.1. The molecule has 6 heteroatoms. The third-order valence-electron chi connectivity index (χ3n) is 2.72. The van der Waals surface area contributed by atoms with Crippen molar-refractivity contribution >= 4 is 29.1 Å². The lowest BCUT2D eigenvalue weighted by Gasteiger charge is -2.17. The summed E-state index contributed by atoms with van der Waals surface area (Å²) < 4.78 is 13.0. The summed E-state index contributed by atoms with van der Waals surface area (Å²) in [5.41, 5.74) is 1.09. The lowest BCUT2D eigenvalue weighted by Crippen LogP contribution is -2.26. The quantitative estimate of drug-likeness (QED) is 0.808. The Morgan fingerprint density at radius 1 is 1.25 bits per heavy atom. The van der Waals surface area contributed by atoms with E-state index in [0.717, 1.165) is 11.6 Å². The molecule has 0 spiro atoms. The van der Waals surface area contributed by atoms with E-state index in [-0.39, 0.29) is 11.5 Å². The molecule has 0 N–H and O–H groups in total. The fourth-order valence-corrected chi connectivity index (χ4v) is 2.06. The maximum atomic E-state index is 13.0. The number of carbonyl (C=O) groups is 1. The fraction of sp³-hybridized carbons (Fsp3) is 0.143. The molecule has 0 unspecified atom stereocenters. The number of aromatic nitrogens is 1. The average molecular weight is 313 g/mol. The molecule has 0 radical (unpaired) electrons. The molecule has 0 aliphatic rings. The van der Waals surface area contributed by atoms with Gasteiger partial charge in [-0.3, -0.25) is 4.79 Å². The summed E-state index contributed by atoms with van der Waals surface area (Å²) in [6.07, 6.45) is 1.26. The van der Waals surface area contributed by atoms with Gasteiger partial charge in [-0.25, -0.2) is 4.98 Å². The monoisotopic (exact) mass is 312 g/mol. The topological polar surface area (TPSA) is 33.2 Å². The Labute approximate surface area is 125 Å². The molecule has 0 aliphatic carbocycles. The Morgan fingerprint density at radius 3 is 2.65 bits per heavy atom. The van der Waals surface area contributed by atoms with Crippen molar-refractivity contribution in [2.75, 3.05) is 7.05 Å². The molecule has 1 heterocycles. The van der Waals surface area contributed by atoms with Crippen LogP contribution in [0.3, 0.4) is 0 Å². The van der Waals surface area contributed by atoms with Crippen molar-refractivity contribution in [1.82, 2.24) is 9.88 Å². The van der Waals surface area contributed by atoms with E-state index in [1.54, 1.807) is 25.2 Å². The largest absolute Gasteiger partial charge is 0.337 e. The van der Waals surface area contributed by atoms with Crippen molar-refractivity contribution in [3.8, 4) is 0 Å². The van der Waals surface area contributed by atoms with Crippen LogP contribution in [0.5, 0.6) is 0 Å². The van der Waals surface area contributed by atoms with Gasteiger partial charge >= 0.3 is 0 Å². The standard InChI is InChI=1S/C14H11Cl2FN2O/c1-19(8-9-2-3-11(15)12(16)6-9)14(20)10-4-5-18-13(17)7-10/h2-7H,8H2,1H3. The second-order valence-corrected chi connectivity index (χ2v) is 5.09. The van der Waals surface area contributed by atoms with Crippen molar-refractivity contribution in [3.05, 3.63) is 63.6 Å². The number of halogens is 3. The summed E-state index contributed by atoms with van der Waals surface area (Å²) in [7, 11) is 1.63. The second kappa shape index (κ2) is 6.20. The highest BCUT2D eigenvalue weighted by Crippen LogP contribution is 2.23. The molecule has 2 aromatic rings. The summed E-state index contributed by atoms with van der Waals surface area (Å²) >= 11 is 11.8. The van der Waals surface area contributed by atoms with Gasteiger partial charge in [-0.05, 0) is 23.8 Å².